The second kappa shape index (κ2) is 2.67. The quantitative estimate of drug-likeness (QED) is 0.466. The zero-order chi connectivity index (χ0) is 8.55. The van der Waals surface area contributed by atoms with E-state index in [1.807, 2.05) is 4.90 Å². The van der Waals surface area contributed by atoms with Crippen LogP contribution < -0.4 is 0 Å². The molecular weight excluding hydrogens is 154 g/mol. The van der Waals surface area contributed by atoms with Crippen molar-refractivity contribution in [3.05, 3.63) is 0 Å². The number of carbonyl (C=O) groups excluding carboxylic acids is 1. The lowest BCUT2D eigenvalue weighted by molar-refractivity contribution is -0.130. The van der Waals surface area contributed by atoms with Crippen LogP contribution in [0.25, 0.3) is 0 Å². The standard InChI is InChI=1S/C8H11N3O/c9-6-10-3-4-11-7(5-10)1-2-8(11)12/h7H,1-5H2. The van der Waals surface area contributed by atoms with E-state index in [9.17, 15) is 4.79 Å². The van der Waals surface area contributed by atoms with Crippen molar-refractivity contribution in [3.63, 3.8) is 0 Å². The summed E-state index contributed by atoms with van der Waals surface area (Å²) in [5, 5.41) is 8.65. The fourth-order valence-electron chi connectivity index (χ4n) is 1.96. The first-order chi connectivity index (χ1) is 5.81. The molecule has 2 aliphatic heterocycles. The van der Waals surface area contributed by atoms with Gasteiger partial charge in [0.15, 0.2) is 6.19 Å². The van der Waals surface area contributed by atoms with Gasteiger partial charge in [-0.15, -0.1) is 0 Å². The molecular formula is C8H11N3O. The van der Waals surface area contributed by atoms with Crippen molar-refractivity contribution in [1.82, 2.24) is 9.80 Å². The van der Waals surface area contributed by atoms with E-state index in [0.717, 1.165) is 19.5 Å². The van der Waals surface area contributed by atoms with Gasteiger partial charge < -0.3 is 9.80 Å². The Kier molecular flexibility index (Phi) is 1.65. The fourth-order valence-corrected chi connectivity index (χ4v) is 1.96. The van der Waals surface area contributed by atoms with Crippen LogP contribution in [0.5, 0.6) is 0 Å². The smallest absolute Gasteiger partial charge is 0.223 e. The summed E-state index contributed by atoms with van der Waals surface area (Å²) in [7, 11) is 0. The highest BCUT2D eigenvalue weighted by Crippen LogP contribution is 2.22. The summed E-state index contributed by atoms with van der Waals surface area (Å²) in [4.78, 5) is 14.9. The number of carbonyl (C=O) groups is 1. The van der Waals surface area contributed by atoms with Gasteiger partial charge in [0.1, 0.15) is 0 Å². The molecule has 4 heteroatoms. The third-order valence-electron chi connectivity index (χ3n) is 2.64. The Morgan fingerprint density at radius 1 is 1.50 bits per heavy atom. The molecule has 0 aromatic rings. The second-order valence-corrected chi connectivity index (χ2v) is 3.33. The predicted octanol–water partition coefficient (Wildman–Crippen LogP) is -0.226. The molecule has 0 aromatic carbocycles. The molecule has 0 saturated carbocycles. The van der Waals surface area contributed by atoms with Gasteiger partial charge in [0.2, 0.25) is 5.91 Å². The minimum atomic E-state index is 0.262. The highest BCUT2D eigenvalue weighted by molar-refractivity contribution is 5.78. The van der Waals surface area contributed by atoms with Gasteiger partial charge in [0, 0.05) is 26.1 Å². The minimum Gasteiger partial charge on any atom is -0.336 e. The Hall–Kier alpha value is -1.24. The molecule has 2 saturated heterocycles. The van der Waals surface area contributed by atoms with Crippen molar-refractivity contribution < 1.29 is 4.79 Å². The van der Waals surface area contributed by atoms with Crippen LogP contribution in [0.3, 0.4) is 0 Å². The average molecular weight is 165 g/mol. The highest BCUT2D eigenvalue weighted by Gasteiger charge is 2.34. The molecule has 1 unspecified atom stereocenters. The molecule has 12 heavy (non-hydrogen) atoms. The number of rotatable bonds is 0. The molecule has 0 N–H and O–H groups in total. The van der Waals surface area contributed by atoms with Gasteiger partial charge in [-0.1, -0.05) is 0 Å². The molecule has 1 atom stereocenters. The van der Waals surface area contributed by atoms with Crippen molar-refractivity contribution in [2.75, 3.05) is 19.6 Å². The van der Waals surface area contributed by atoms with E-state index in [-0.39, 0.29) is 5.91 Å². The third kappa shape index (κ3) is 1.02. The maximum Gasteiger partial charge on any atom is 0.223 e. The number of piperazine rings is 1. The van der Waals surface area contributed by atoms with Crippen molar-refractivity contribution in [2.24, 2.45) is 0 Å². The maximum atomic E-state index is 11.2. The average Bonchev–Trinajstić information content (AvgIpc) is 2.47. The highest BCUT2D eigenvalue weighted by atomic mass is 16.2. The number of hydrogen-bond acceptors (Lipinski definition) is 3. The van der Waals surface area contributed by atoms with Crippen LogP contribution in [0.4, 0.5) is 0 Å². The van der Waals surface area contributed by atoms with Crippen molar-refractivity contribution in [2.45, 2.75) is 18.9 Å². The van der Waals surface area contributed by atoms with E-state index >= 15 is 0 Å². The van der Waals surface area contributed by atoms with Crippen LogP contribution in [-0.4, -0.2) is 41.4 Å². The van der Waals surface area contributed by atoms with Crippen molar-refractivity contribution in [1.29, 1.82) is 5.26 Å². The lowest BCUT2D eigenvalue weighted by Crippen LogP contribution is -2.49. The predicted molar refractivity (Wildman–Crippen MR) is 41.9 cm³/mol. The van der Waals surface area contributed by atoms with Gasteiger partial charge in [-0.25, -0.2) is 0 Å². The molecule has 1 amide bonds. The molecule has 0 aliphatic carbocycles. The molecule has 2 aliphatic rings. The Balaban J connectivity index is 2.05. The Bertz CT molecular complexity index is 245. The summed E-state index contributed by atoms with van der Waals surface area (Å²) in [6, 6.07) is 0.311. The van der Waals surface area contributed by atoms with Crippen LogP contribution >= 0.6 is 0 Å². The summed E-state index contributed by atoms with van der Waals surface area (Å²) in [6.07, 6.45) is 3.72. The van der Waals surface area contributed by atoms with Crippen LogP contribution in [0, 0.1) is 11.5 Å². The number of nitriles is 1. The van der Waals surface area contributed by atoms with Crippen molar-refractivity contribution in [3.8, 4) is 6.19 Å². The minimum absolute atomic E-state index is 0.262. The van der Waals surface area contributed by atoms with Crippen LogP contribution in [-0.2, 0) is 4.79 Å². The summed E-state index contributed by atoms with van der Waals surface area (Å²) in [5.41, 5.74) is 0. The molecule has 0 bridgehead atoms. The topological polar surface area (TPSA) is 47.3 Å². The molecule has 4 nitrogen and oxygen atoms in total. The van der Waals surface area contributed by atoms with Gasteiger partial charge in [-0.2, -0.15) is 5.26 Å². The third-order valence-corrected chi connectivity index (χ3v) is 2.64. The van der Waals surface area contributed by atoms with Crippen molar-refractivity contribution >= 4 is 5.91 Å². The zero-order valence-corrected chi connectivity index (χ0v) is 6.86. The van der Waals surface area contributed by atoms with Gasteiger partial charge in [0.25, 0.3) is 0 Å². The molecule has 0 radical (unpaired) electrons. The normalized spacial score (nSPS) is 28.6. The zero-order valence-electron chi connectivity index (χ0n) is 6.86. The van der Waals surface area contributed by atoms with Gasteiger partial charge >= 0.3 is 0 Å². The second-order valence-electron chi connectivity index (χ2n) is 3.33. The molecule has 2 rings (SSSR count). The van der Waals surface area contributed by atoms with Crippen LogP contribution in [0.1, 0.15) is 12.8 Å². The first kappa shape index (κ1) is 7.41. The van der Waals surface area contributed by atoms with E-state index in [4.69, 9.17) is 5.26 Å². The van der Waals surface area contributed by atoms with Crippen LogP contribution in [0.2, 0.25) is 0 Å². The summed E-state index contributed by atoms with van der Waals surface area (Å²) < 4.78 is 0. The SMILES string of the molecule is N#CN1CCN2C(=O)CCC2C1. The van der Waals surface area contributed by atoms with Gasteiger partial charge in [-0.3, -0.25) is 4.79 Å². The summed E-state index contributed by atoms with van der Waals surface area (Å²) in [6.45, 7) is 2.18. The lowest BCUT2D eigenvalue weighted by Gasteiger charge is -2.34. The molecule has 0 aromatic heterocycles. The van der Waals surface area contributed by atoms with Crippen LogP contribution in [0.15, 0.2) is 0 Å². The summed E-state index contributed by atoms with van der Waals surface area (Å²) in [5.74, 6) is 0.262. The van der Waals surface area contributed by atoms with E-state index in [1.54, 1.807) is 4.90 Å². The van der Waals surface area contributed by atoms with Gasteiger partial charge in [0.05, 0.1) is 6.04 Å². The van der Waals surface area contributed by atoms with Gasteiger partial charge in [-0.05, 0) is 6.42 Å². The number of amides is 1. The van der Waals surface area contributed by atoms with E-state index in [1.165, 1.54) is 0 Å². The van der Waals surface area contributed by atoms with E-state index in [0.29, 0.717) is 19.0 Å². The fraction of sp³-hybridized carbons (Fsp3) is 0.750. The first-order valence-corrected chi connectivity index (χ1v) is 4.25. The first-order valence-electron chi connectivity index (χ1n) is 4.25. The summed E-state index contributed by atoms with van der Waals surface area (Å²) >= 11 is 0. The molecule has 2 heterocycles. The maximum absolute atomic E-state index is 11.2. The van der Waals surface area contributed by atoms with E-state index < -0.39 is 0 Å². The molecule has 64 valence electrons. The number of fused-ring (bicyclic) bond motifs is 1. The Morgan fingerprint density at radius 3 is 3.08 bits per heavy atom. The number of nitrogens with zero attached hydrogens (tertiary/aromatic N) is 3. The monoisotopic (exact) mass is 165 g/mol. The Morgan fingerprint density at radius 2 is 2.33 bits per heavy atom. The number of hydrogen-bond donors (Lipinski definition) is 0. The lowest BCUT2D eigenvalue weighted by atomic mass is 10.2. The molecule has 0 spiro atoms. The van der Waals surface area contributed by atoms with E-state index in [2.05, 4.69) is 6.19 Å². The Labute approximate surface area is 71.4 Å². The largest absolute Gasteiger partial charge is 0.336 e. The molecule has 2 fully saturated rings.